The van der Waals surface area contributed by atoms with Crippen LogP contribution in [0.25, 0.3) is 0 Å². The van der Waals surface area contributed by atoms with E-state index in [1.54, 1.807) is 11.8 Å². The van der Waals surface area contributed by atoms with E-state index in [-0.39, 0.29) is 0 Å². The molecule has 88 valence electrons. The van der Waals surface area contributed by atoms with E-state index in [9.17, 15) is 4.79 Å². The summed E-state index contributed by atoms with van der Waals surface area (Å²) in [5, 5.41) is 0. The summed E-state index contributed by atoms with van der Waals surface area (Å²) in [7, 11) is 0. The molecule has 0 spiro atoms. The maximum absolute atomic E-state index is 10.7. The molecule has 0 saturated heterocycles. The SMILES string of the molecule is CC(C)CSC/C=C(/C=O)SCC(C)C. The molecule has 0 aromatic rings. The molecule has 0 amide bonds. The van der Waals surface area contributed by atoms with Gasteiger partial charge in [0.15, 0.2) is 6.29 Å². The first-order valence-electron chi connectivity index (χ1n) is 5.42. The van der Waals surface area contributed by atoms with Crippen molar-refractivity contribution in [3.8, 4) is 0 Å². The Morgan fingerprint density at radius 1 is 1.13 bits per heavy atom. The van der Waals surface area contributed by atoms with Crippen molar-refractivity contribution >= 4 is 29.8 Å². The van der Waals surface area contributed by atoms with E-state index < -0.39 is 0 Å². The molecule has 0 N–H and O–H groups in total. The maximum atomic E-state index is 10.7. The number of aldehydes is 1. The quantitative estimate of drug-likeness (QED) is 0.368. The van der Waals surface area contributed by atoms with Crippen molar-refractivity contribution in [2.24, 2.45) is 11.8 Å². The number of hydrogen-bond donors (Lipinski definition) is 0. The van der Waals surface area contributed by atoms with Gasteiger partial charge < -0.3 is 0 Å². The number of hydrogen-bond acceptors (Lipinski definition) is 3. The Hall–Kier alpha value is 0.110. The molecule has 0 atom stereocenters. The number of carbonyl (C=O) groups excluding carboxylic acids is 1. The Bertz CT molecular complexity index is 198. The van der Waals surface area contributed by atoms with Crippen molar-refractivity contribution in [3.05, 3.63) is 11.0 Å². The zero-order valence-corrected chi connectivity index (χ0v) is 11.8. The average molecular weight is 246 g/mol. The predicted molar refractivity (Wildman–Crippen MR) is 73.6 cm³/mol. The Morgan fingerprint density at radius 3 is 2.20 bits per heavy atom. The van der Waals surface area contributed by atoms with Gasteiger partial charge in [-0.1, -0.05) is 33.8 Å². The molecule has 15 heavy (non-hydrogen) atoms. The van der Waals surface area contributed by atoms with E-state index in [1.165, 1.54) is 0 Å². The highest BCUT2D eigenvalue weighted by molar-refractivity contribution is 8.04. The minimum Gasteiger partial charge on any atom is -0.297 e. The summed E-state index contributed by atoms with van der Waals surface area (Å²) in [6.07, 6.45) is 3.02. The second-order valence-electron chi connectivity index (χ2n) is 4.36. The molecule has 0 aliphatic carbocycles. The van der Waals surface area contributed by atoms with Crippen LogP contribution in [0.2, 0.25) is 0 Å². The molecule has 0 heterocycles. The van der Waals surface area contributed by atoms with Crippen molar-refractivity contribution in [1.29, 1.82) is 0 Å². The van der Waals surface area contributed by atoms with Gasteiger partial charge in [-0.3, -0.25) is 4.79 Å². The second-order valence-corrected chi connectivity index (χ2v) is 6.53. The molecule has 0 aromatic carbocycles. The van der Waals surface area contributed by atoms with Crippen molar-refractivity contribution in [2.45, 2.75) is 27.7 Å². The molecular weight excluding hydrogens is 224 g/mol. The van der Waals surface area contributed by atoms with Crippen LogP contribution in [0.4, 0.5) is 0 Å². The predicted octanol–water partition coefficient (Wildman–Crippen LogP) is 3.85. The van der Waals surface area contributed by atoms with Crippen molar-refractivity contribution in [2.75, 3.05) is 17.3 Å². The topological polar surface area (TPSA) is 17.1 Å². The van der Waals surface area contributed by atoms with Crippen LogP contribution in [0.5, 0.6) is 0 Å². The van der Waals surface area contributed by atoms with Gasteiger partial charge in [-0.15, -0.1) is 11.8 Å². The lowest BCUT2D eigenvalue weighted by molar-refractivity contribution is -0.104. The van der Waals surface area contributed by atoms with Crippen molar-refractivity contribution in [3.63, 3.8) is 0 Å². The number of allylic oxidation sites excluding steroid dienone is 1. The van der Waals surface area contributed by atoms with Crippen LogP contribution in [0.1, 0.15) is 27.7 Å². The van der Waals surface area contributed by atoms with E-state index >= 15 is 0 Å². The van der Waals surface area contributed by atoms with Gasteiger partial charge in [-0.05, 0) is 17.6 Å². The van der Waals surface area contributed by atoms with Crippen molar-refractivity contribution in [1.82, 2.24) is 0 Å². The normalized spacial score (nSPS) is 12.5. The molecule has 0 bridgehead atoms. The first-order valence-corrected chi connectivity index (χ1v) is 7.56. The molecule has 0 saturated carbocycles. The van der Waals surface area contributed by atoms with Crippen LogP contribution < -0.4 is 0 Å². The summed E-state index contributed by atoms with van der Waals surface area (Å²) in [6, 6.07) is 0. The lowest BCUT2D eigenvalue weighted by Gasteiger charge is -2.04. The number of rotatable bonds is 8. The molecule has 0 unspecified atom stereocenters. The summed E-state index contributed by atoms with van der Waals surface area (Å²) in [5.41, 5.74) is 0. The van der Waals surface area contributed by atoms with Gasteiger partial charge >= 0.3 is 0 Å². The highest BCUT2D eigenvalue weighted by Gasteiger charge is 1.99. The first kappa shape index (κ1) is 15.1. The smallest absolute Gasteiger partial charge is 0.156 e. The van der Waals surface area contributed by atoms with E-state index in [4.69, 9.17) is 0 Å². The van der Waals surface area contributed by atoms with Gasteiger partial charge in [0.1, 0.15) is 0 Å². The van der Waals surface area contributed by atoms with Crippen molar-refractivity contribution < 1.29 is 4.79 Å². The Morgan fingerprint density at radius 2 is 1.73 bits per heavy atom. The van der Waals surface area contributed by atoms with Crippen LogP contribution >= 0.6 is 23.5 Å². The fourth-order valence-corrected chi connectivity index (χ4v) is 2.65. The Kier molecular flexibility index (Phi) is 9.41. The molecule has 0 radical (unpaired) electrons. The van der Waals surface area contributed by atoms with Crippen LogP contribution in [0.15, 0.2) is 11.0 Å². The molecule has 1 nitrogen and oxygen atoms in total. The molecule has 0 aliphatic rings. The minimum absolute atomic E-state index is 0.640. The van der Waals surface area contributed by atoms with Gasteiger partial charge in [-0.2, -0.15) is 11.8 Å². The standard InChI is InChI=1S/C12H22OS2/c1-10(2)8-14-6-5-12(7-13)15-9-11(3)4/h5,7,10-11H,6,8-9H2,1-4H3/b12-5-. The average Bonchev–Trinajstić information content (AvgIpc) is 2.16. The van der Waals surface area contributed by atoms with Crippen LogP contribution in [-0.4, -0.2) is 23.5 Å². The largest absolute Gasteiger partial charge is 0.297 e. The molecule has 3 heteroatoms. The summed E-state index contributed by atoms with van der Waals surface area (Å²) in [6.45, 7) is 8.77. The maximum Gasteiger partial charge on any atom is 0.156 e. The second kappa shape index (κ2) is 9.34. The zero-order valence-electron chi connectivity index (χ0n) is 10.2. The first-order chi connectivity index (χ1) is 7.06. The summed E-state index contributed by atoms with van der Waals surface area (Å²) in [5.74, 6) is 4.52. The van der Waals surface area contributed by atoms with Crippen LogP contribution in [0.3, 0.4) is 0 Å². The third-order valence-electron chi connectivity index (χ3n) is 1.55. The van der Waals surface area contributed by atoms with Gasteiger partial charge in [0.2, 0.25) is 0 Å². The molecule has 0 rings (SSSR count). The van der Waals surface area contributed by atoms with Crippen LogP contribution in [0, 0.1) is 11.8 Å². The fourth-order valence-electron chi connectivity index (χ4n) is 0.849. The summed E-state index contributed by atoms with van der Waals surface area (Å²) in [4.78, 5) is 11.6. The Balaban J connectivity index is 3.74. The van der Waals surface area contributed by atoms with Crippen LogP contribution in [-0.2, 0) is 4.79 Å². The lowest BCUT2D eigenvalue weighted by atomic mass is 10.3. The third-order valence-corrected chi connectivity index (χ3v) is 4.29. The minimum atomic E-state index is 0.640. The van der Waals surface area contributed by atoms with Gasteiger partial charge in [0, 0.05) is 16.4 Å². The highest BCUT2D eigenvalue weighted by atomic mass is 32.2. The van der Waals surface area contributed by atoms with Gasteiger partial charge in [-0.25, -0.2) is 0 Å². The number of carbonyl (C=O) groups is 1. The number of thioether (sulfide) groups is 2. The van der Waals surface area contributed by atoms with E-state index in [1.807, 2.05) is 17.8 Å². The molecule has 0 aromatic heterocycles. The van der Waals surface area contributed by atoms with E-state index in [0.717, 1.165) is 34.4 Å². The molecule has 0 fully saturated rings. The highest BCUT2D eigenvalue weighted by Crippen LogP contribution is 2.18. The third kappa shape index (κ3) is 10.4. The van der Waals surface area contributed by atoms with E-state index in [0.29, 0.717) is 5.92 Å². The summed E-state index contributed by atoms with van der Waals surface area (Å²) >= 11 is 3.56. The summed E-state index contributed by atoms with van der Waals surface area (Å²) < 4.78 is 0. The Labute approximate surface area is 102 Å². The molecule has 0 aliphatic heterocycles. The molecular formula is C12H22OS2. The van der Waals surface area contributed by atoms with Gasteiger partial charge in [0.05, 0.1) is 0 Å². The van der Waals surface area contributed by atoms with Gasteiger partial charge in [0.25, 0.3) is 0 Å². The van der Waals surface area contributed by atoms with E-state index in [2.05, 4.69) is 27.7 Å². The lowest BCUT2D eigenvalue weighted by Crippen LogP contribution is -1.94. The zero-order chi connectivity index (χ0) is 11.7. The fraction of sp³-hybridized carbons (Fsp3) is 0.750. The monoisotopic (exact) mass is 246 g/mol.